The SMILES string of the molecule is CSc1ccccc1-c1nnc(CC(C)CC(=O)O)o1. The Bertz CT molecular complexity index is 598. The van der Waals surface area contributed by atoms with E-state index in [0.717, 1.165) is 10.5 Å². The standard InChI is InChI=1S/C14H16N2O3S/c1-9(8-13(17)18)7-12-15-16-14(19-12)10-5-3-4-6-11(10)20-2/h3-6,9H,7-8H2,1-2H3,(H,17,18). The van der Waals surface area contributed by atoms with E-state index in [9.17, 15) is 4.79 Å². The van der Waals surface area contributed by atoms with Gasteiger partial charge in [-0.3, -0.25) is 4.79 Å². The molecule has 1 heterocycles. The van der Waals surface area contributed by atoms with Gasteiger partial charge in [-0.2, -0.15) is 0 Å². The number of hydrogen-bond acceptors (Lipinski definition) is 5. The summed E-state index contributed by atoms with van der Waals surface area (Å²) in [6.45, 7) is 1.85. The third-order valence-electron chi connectivity index (χ3n) is 2.85. The van der Waals surface area contributed by atoms with Gasteiger partial charge >= 0.3 is 5.97 Å². The van der Waals surface area contributed by atoms with E-state index in [1.54, 1.807) is 11.8 Å². The summed E-state index contributed by atoms with van der Waals surface area (Å²) in [4.78, 5) is 11.7. The van der Waals surface area contributed by atoms with Crippen molar-refractivity contribution in [2.75, 3.05) is 6.26 Å². The van der Waals surface area contributed by atoms with Crippen LogP contribution in [0.2, 0.25) is 0 Å². The van der Waals surface area contributed by atoms with E-state index in [0.29, 0.717) is 18.2 Å². The highest BCUT2D eigenvalue weighted by Gasteiger charge is 2.15. The van der Waals surface area contributed by atoms with Crippen LogP contribution in [-0.2, 0) is 11.2 Å². The van der Waals surface area contributed by atoms with Crippen LogP contribution in [-0.4, -0.2) is 27.5 Å². The summed E-state index contributed by atoms with van der Waals surface area (Å²) < 4.78 is 5.64. The second-order valence-corrected chi connectivity index (χ2v) is 5.46. The summed E-state index contributed by atoms with van der Waals surface area (Å²) >= 11 is 1.62. The highest BCUT2D eigenvalue weighted by Crippen LogP contribution is 2.29. The van der Waals surface area contributed by atoms with Crippen LogP contribution in [0.1, 0.15) is 19.2 Å². The number of carboxylic acid groups (broad SMARTS) is 1. The van der Waals surface area contributed by atoms with Crippen LogP contribution in [0, 0.1) is 5.92 Å². The zero-order chi connectivity index (χ0) is 14.5. The lowest BCUT2D eigenvalue weighted by Gasteiger charge is -2.04. The van der Waals surface area contributed by atoms with E-state index in [2.05, 4.69) is 10.2 Å². The number of carbonyl (C=O) groups is 1. The molecule has 0 radical (unpaired) electrons. The van der Waals surface area contributed by atoms with E-state index >= 15 is 0 Å². The van der Waals surface area contributed by atoms with Gasteiger partial charge in [-0.15, -0.1) is 22.0 Å². The van der Waals surface area contributed by atoms with E-state index in [-0.39, 0.29) is 12.3 Å². The smallest absolute Gasteiger partial charge is 0.303 e. The maximum atomic E-state index is 10.6. The molecule has 5 nitrogen and oxygen atoms in total. The first-order valence-electron chi connectivity index (χ1n) is 6.27. The van der Waals surface area contributed by atoms with E-state index in [4.69, 9.17) is 9.52 Å². The van der Waals surface area contributed by atoms with Gasteiger partial charge in [0.05, 0.1) is 5.56 Å². The molecule has 0 saturated heterocycles. The van der Waals surface area contributed by atoms with Crippen molar-refractivity contribution in [2.24, 2.45) is 5.92 Å². The summed E-state index contributed by atoms with van der Waals surface area (Å²) in [7, 11) is 0. The van der Waals surface area contributed by atoms with Crippen LogP contribution in [0.25, 0.3) is 11.5 Å². The van der Waals surface area contributed by atoms with Gasteiger partial charge in [0.2, 0.25) is 11.8 Å². The Morgan fingerprint density at radius 2 is 2.15 bits per heavy atom. The predicted molar refractivity (Wildman–Crippen MR) is 76.6 cm³/mol. The Hall–Kier alpha value is -1.82. The van der Waals surface area contributed by atoms with Crippen LogP contribution in [0.15, 0.2) is 33.6 Å². The van der Waals surface area contributed by atoms with Crippen molar-refractivity contribution in [1.82, 2.24) is 10.2 Å². The van der Waals surface area contributed by atoms with Gasteiger partial charge in [0.1, 0.15) is 0 Å². The maximum absolute atomic E-state index is 10.6. The van der Waals surface area contributed by atoms with Crippen LogP contribution in [0.3, 0.4) is 0 Å². The van der Waals surface area contributed by atoms with Crippen molar-refractivity contribution in [2.45, 2.75) is 24.7 Å². The molecule has 1 aromatic heterocycles. The van der Waals surface area contributed by atoms with Gasteiger partial charge in [0.25, 0.3) is 0 Å². The minimum absolute atomic E-state index is 0.0309. The molecule has 1 unspecified atom stereocenters. The molecule has 0 spiro atoms. The monoisotopic (exact) mass is 292 g/mol. The molecule has 20 heavy (non-hydrogen) atoms. The average Bonchev–Trinajstić information content (AvgIpc) is 2.85. The topological polar surface area (TPSA) is 76.2 Å². The van der Waals surface area contributed by atoms with Gasteiger partial charge in [-0.1, -0.05) is 19.1 Å². The quantitative estimate of drug-likeness (QED) is 0.824. The van der Waals surface area contributed by atoms with E-state index in [1.807, 2.05) is 37.4 Å². The lowest BCUT2D eigenvalue weighted by molar-refractivity contribution is -0.137. The molecule has 2 rings (SSSR count). The number of nitrogens with zero attached hydrogens (tertiary/aromatic N) is 2. The fourth-order valence-corrected chi connectivity index (χ4v) is 2.52. The summed E-state index contributed by atoms with van der Waals surface area (Å²) in [6.07, 6.45) is 2.56. The number of rotatable bonds is 6. The summed E-state index contributed by atoms with van der Waals surface area (Å²) in [5, 5.41) is 16.8. The van der Waals surface area contributed by atoms with Crippen molar-refractivity contribution < 1.29 is 14.3 Å². The fraction of sp³-hybridized carbons (Fsp3) is 0.357. The number of benzene rings is 1. The molecule has 1 N–H and O–H groups in total. The first-order valence-corrected chi connectivity index (χ1v) is 7.50. The number of aromatic nitrogens is 2. The van der Waals surface area contributed by atoms with Crippen LogP contribution in [0.5, 0.6) is 0 Å². The van der Waals surface area contributed by atoms with Gasteiger partial charge in [0.15, 0.2) is 0 Å². The molecule has 1 atom stereocenters. The minimum atomic E-state index is -0.815. The predicted octanol–water partition coefficient (Wildman–Crippen LogP) is 3.11. The van der Waals surface area contributed by atoms with Crippen LogP contribution in [0.4, 0.5) is 0 Å². The molecule has 0 fully saturated rings. The van der Waals surface area contributed by atoms with Gasteiger partial charge in [0, 0.05) is 17.7 Å². The largest absolute Gasteiger partial charge is 0.481 e. The van der Waals surface area contributed by atoms with Crippen LogP contribution < -0.4 is 0 Å². The number of thioether (sulfide) groups is 1. The lowest BCUT2D eigenvalue weighted by atomic mass is 10.0. The van der Waals surface area contributed by atoms with Gasteiger partial charge < -0.3 is 9.52 Å². The number of hydrogen-bond donors (Lipinski definition) is 1. The zero-order valence-electron chi connectivity index (χ0n) is 11.4. The molecule has 0 saturated carbocycles. The molecule has 0 amide bonds. The van der Waals surface area contributed by atoms with Crippen molar-refractivity contribution in [1.29, 1.82) is 0 Å². The normalized spacial score (nSPS) is 12.3. The molecule has 0 aliphatic heterocycles. The summed E-state index contributed by atoms with van der Waals surface area (Å²) in [5.74, 6) is 0.110. The second-order valence-electron chi connectivity index (χ2n) is 4.61. The van der Waals surface area contributed by atoms with Gasteiger partial charge in [-0.05, 0) is 24.3 Å². The number of carboxylic acids is 1. The Balaban J connectivity index is 2.14. The molecule has 0 bridgehead atoms. The summed E-state index contributed by atoms with van der Waals surface area (Å²) in [5.41, 5.74) is 0.907. The highest BCUT2D eigenvalue weighted by atomic mass is 32.2. The molecule has 1 aromatic carbocycles. The molecule has 106 valence electrons. The third-order valence-corrected chi connectivity index (χ3v) is 3.65. The summed E-state index contributed by atoms with van der Waals surface area (Å²) in [6, 6.07) is 7.81. The van der Waals surface area contributed by atoms with E-state index < -0.39 is 5.97 Å². The molecule has 0 aliphatic rings. The second kappa shape index (κ2) is 6.56. The fourth-order valence-electron chi connectivity index (χ4n) is 1.93. The van der Waals surface area contributed by atoms with Crippen molar-refractivity contribution in [3.63, 3.8) is 0 Å². The molecule has 2 aromatic rings. The van der Waals surface area contributed by atoms with Gasteiger partial charge in [-0.25, -0.2) is 0 Å². The Labute approximate surface area is 121 Å². The molecule has 0 aliphatic carbocycles. The molecular weight excluding hydrogens is 276 g/mol. The highest BCUT2D eigenvalue weighted by molar-refractivity contribution is 7.98. The first-order chi connectivity index (χ1) is 9.60. The minimum Gasteiger partial charge on any atom is -0.481 e. The average molecular weight is 292 g/mol. The Kier molecular flexibility index (Phi) is 4.79. The van der Waals surface area contributed by atoms with Crippen molar-refractivity contribution in [3.8, 4) is 11.5 Å². The van der Waals surface area contributed by atoms with Crippen LogP contribution >= 0.6 is 11.8 Å². The Morgan fingerprint density at radius 3 is 2.85 bits per heavy atom. The zero-order valence-corrected chi connectivity index (χ0v) is 12.2. The maximum Gasteiger partial charge on any atom is 0.303 e. The molecule has 6 heteroatoms. The Morgan fingerprint density at radius 1 is 1.40 bits per heavy atom. The van der Waals surface area contributed by atoms with Crippen molar-refractivity contribution >= 4 is 17.7 Å². The van der Waals surface area contributed by atoms with E-state index in [1.165, 1.54) is 0 Å². The van der Waals surface area contributed by atoms with Crippen molar-refractivity contribution in [3.05, 3.63) is 30.2 Å². The first kappa shape index (κ1) is 14.6. The third kappa shape index (κ3) is 3.60. The molecular formula is C14H16N2O3S. The number of aliphatic carboxylic acids is 1. The lowest BCUT2D eigenvalue weighted by Crippen LogP contribution is -2.07.